The lowest BCUT2D eigenvalue weighted by molar-refractivity contribution is -0.137. The molecule has 1 fully saturated rings. The largest absolute Gasteiger partial charge is 0.444 e. The Kier molecular flexibility index (Phi) is 5.66. The van der Waals surface area contributed by atoms with E-state index < -0.39 is 28.8 Å². The number of likely N-dealkylation sites (tertiary alicyclic amines) is 1. The molecule has 1 spiro atoms. The summed E-state index contributed by atoms with van der Waals surface area (Å²) in [6, 6.07) is 12.1. The number of carbonyl (C=O) groups excluding carboxylic acids is 2. The van der Waals surface area contributed by atoms with Crippen molar-refractivity contribution in [3.05, 3.63) is 59.7 Å². The Bertz CT molecular complexity index is 1050. The lowest BCUT2D eigenvalue weighted by Crippen LogP contribution is -2.54. The number of para-hydroxylation sites is 1. The van der Waals surface area contributed by atoms with Gasteiger partial charge in [-0.2, -0.15) is 13.2 Å². The summed E-state index contributed by atoms with van der Waals surface area (Å²) in [5, 5.41) is 0. The molecule has 0 atom stereocenters. The zero-order chi connectivity index (χ0) is 24.0. The van der Waals surface area contributed by atoms with Gasteiger partial charge in [0.15, 0.2) is 0 Å². The van der Waals surface area contributed by atoms with Crippen molar-refractivity contribution in [2.45, 2.75) is 51.8 Å². The lowest BCUT2D eigenvalue weighted by atomic mass is 9.70. The summed E-state index contributed by atoms with van der Waals surface area (Å²) in [5.74, 6) is -0.148. The maximum Gasteiger partial charge on any atom is 0.416 e. The molecule has 0 unspecified atom stereocenters. The molecule has 2 amide bonds. The highest BCUT2D eigenvalue weighted by molar-refractivity contribution is 6.06. The topological polar surface area (TPSA) is 49.9 Å². The fourth-order valence-electron chi connectivity index (χ4n) is 4.56. The number of rotatable bonds is 1. The number of fused-ring (bicyclic) bond motifs is 1. The molecule has 4 rings (SSSR count). The zero-order valence-electron chi connectivity index (χ0n) is 18.9. The van der Waals surface area contributed by atoms with Crippen molar-refractivity contribution >= 4 is 23.4 Å². The molecular weight excluding hydrogens is 433 g/mol. The van der Waals surface area contributed by atoms with Crippen molar-refractivity contribution in [3.8, 4) is 0 Å². The number of ether oxygens (including phenoxy) is 1. The second-order valence-electron chi connectivity index (χ2n) is 9.74. The van der Waals surface area contributed by atoms with Crippen LogP contribution < -0.4 is 4.90 Å². The van der Waals surface area contributed by atoms with Gasteiger partial charge in [0.05, 0.1) is 16.7 Å². The average Bonchev–Trinajstić information content (AvgIpc) is 2.73. The molecule has 1 saturated heterocycles. The maximum atomic E-state index is 13.8. The Labute approximate surface area is 191 Å². The summed E-state index contributed by atoms with van der Waals surface area (Å²) in [6.45, 7) is 6.17. The van der Waals surface area contributed by atoms with Gasteiger partial charge in [0.1, 0.15) is 5.60 Å². The molecule has 176 valence electrons. The van der Waals surface area contributed by atoms with Crippen LogP contribution in [0.3, 0.4) is 0 Å². The summed E-state index contributed by atoms with van der Waals surface area (Å²) in [6.07, 6.45) is -3.41. The van der Waals surface area contributed by atoms with Crippen molar-refractivity contribution in [2.75, 3.05) is 18.0 Å². The van der Waals surface area contributed by atoms with E-state index in [4.69, 9.17) is 4.74 Å². The van der Waals surface area contributed by atoms with Gasteiger partial charge in [0.25, 0.3) is 0 Å². The van der Waals surface area contributed by atoms with E-state index in [9.17, 15) is 22.8 Å². The number of alkyl halides is 3. The highest BCUT2D eigenvalue weighted by Crippen LogP contribution is 2.47. The highest BCUT2D eigenvalue weighted by Gasteiger charge is 2.49. The summed E-state index contributed by atoms with van der Waals surface area (Å²) in [4.78, 5) is 29.4. The molecule has 0 aromatic heterocycles. The Morgan fingerprint density at radius 2 is 1.58 bits per heavy atom. The van der Waals surface area contributed by atoms with Gasteiger partial charge in [-0.25, -0.2) is 4.79 Å². The predicted octanol–water partition coefficient (Wildman–Crippen LogP) is 5.94. The molecule has 5 nitrogen and oxygen atoms in total. The number of benzene rings is 2. The number of piperidine rings is 1. The normalized spacial score (nSPS) is 18.3. The van der Waals surface area contributed by atoms with E-state index in [2.05, 4.69) is 0 Å². The van der Waals surface area contributed by atoms with Gasteiger partial charge in [0.2, 0.25) is 5.91 Å². The minimum absolute atomic E-state index is 0.148. The second kappa shape index (κ2) is 8.08. The molecule has 2 aromatic rings. The van der Waals surface area contributed by atoms with E-state index >= 15 is 0 Å². The maximum absolute atomic E-state index is 13.8. The first-order valence-electron chi connectivity index (χ1n) is 11.0. The number of nitrogens with zero attached hydrogens (tertiary/aromatic N) is 2. The van der Waals surface area contributed by atoms with E-state index in [1.807, 2.05) is 24.3 Å². The molecule has 0 saturated carbocycles. The van der Waals surface area contributed by atoms with Crippen molar-refractivity contribution in [1.29, 1.82) is 0 Å². The number of carbonyl (C=O) groups is 2. The molecule has 0 N–H and O–H groups in total. The Balaban J connectivity index is 1.63. The van der Waals surface area contributed by atoms with E-state index in [0.29, 0.717) is 43.7 Å². The monoisotopic (exact) mass is 460 g/mol. The third-order valence-electron chi connectivity index (χ3n) is 6.24. The highest BCUT2D eigenvalue weighted by atomic mass is 19.4. The standard InChI is InChI=1S/C25H27F3N2O3/c1-23(2,3)33-22(32)29-14-12-24(13-15-29)16-17-6-4-5-7-20(17)30(21(24)31)19-10-8-18(9-11-19)25(26,27)28/h4-11H,12-16H2,1-3H3. The van der Waals surface area contributed by atoms with Crippen LogP contribution in [0.4, 0.5) is 29.3 Å². The molecule has 0 bridgehead atoms. The second-order valence-corrected chi connectivity index (χ2v) is 9.74. The van der Waals surface area contributed by atoms with Crippen LogP contribution in [0, 0.1) is 5.41 Å². The van der Waals surface area contributed by atoms with Gasteiger partial charge in [-0.1, -0.05) is 18.2 Å². The van der Waals surface area contributed by atoms with Crippen molar-refractivity contribution in [1.82, 2.24) is 4.90 Å². The van der Waals surface area contributed by atoms with E-state index in [0.717, 1.165) is 17.7 Å². The van der Waals surface area contributed by atoms with E-state index in [-0.39, 0.29) is 5.91 Å². The van der Waals surface area contributed by atoms with E-state index in [1.54, 1.807) is 25.7 Å². The molecular formula is C25H27F3N2O3. The molecule has 2 aliphatic rings. The van der Waals surface area contributed by atoms with Crippen LogP contribution in [0.15, 0.2) is 48.5 Å². The van der Waals surface area contributed by atoms with Gasteiger partial charge in [0, 0.05) is 18.8 Å². The molecule has 2 aliphatic heterocycles. The van der Waals surface area contributed by atoms with Crippen LogP contribution >= 0.6 is 0 Å². The zero-order valence-corrected chi connectivity index (χ0v) is 18.9. The number of anilines is 2. The minimum atomic E-state index is -4.45. The average molecular weight is 460 g/mol. The quantitative estimate of drug-likeness (QED) is 0.529. The van der Waals surface area contributed by atoms with Gasteiger partial charge in [-0.05, 0) is 75.9 Å². The van der Waals surface area contributed by atoms with Crippen LogP contribution in [-0.2, 0) is 22.1 Å². The third-order valence-corrected chi connectivity index (χ3v) is 6.24. The van der Waals surface area contributed by atoms with Gasteiger partial charge < -0.3 is 9.64 Å². The Morgan fingerprint density at radius 1 is 0.970 bits per heavy atom. The smallest absolute Gasteiger partial charge is 0.416 e. The third kappa shape index (κ3) is 4.56. The van der Waals surface area contributed by atoms with Crippen molar-refractivity contribution in [3.63, 3.8) is 0 Å². The van der Waals surface area contributed by atoms with Gasteiger partial charge in [-0.3, -0.25) is 9.69 Å². The first-order chi connectivity index (χ1) is 15.4. The minimum Gasteiger partial charge on any atom is -0.444 e. The van der Waals surface area contributed by atoms with Crippen molar-refractivity contribution < 1.29 is 27.5 Å². The van der Waals surface area contributed by atoms with Crippen LogP contribution in [-0.4, -0.2) is 35.6 Å². The van der Waals surface area contributed by atoms with Crippen LogP contribution in [0.25, 0.3) is 0 Å². The van der Waals surface area contributed by atoms with Crippen molar-refractivity contribution in [2.24, 2.45) is 5.41 Å². The molecule has 0 radical (unpaired) electrons. The fourth-order valence-corrected chi connectivity index (χ4v) is 4.56. The van der Waals surface area contributed by atoms with Gasteiger partial charge >= 0.3 is 12.3 Å². The molecule has 0 aliphatic carbocycles. The molecule has 2 heterocycles. The Morgan fingerprint density at radius 3 is 2.15 bits per heavy atom. The predicted molar refractivity (Wildman–Crippen MR) is 118 cm³/mol. The summed E-state index contributed by atoms with van der Waals surface area (Å²) in [7, 11) is 0. The molecule has 2 aromatic carbocycles. The summed E-state index contributed by atoms with van der Waals surface area (Å²) in [5.41, 5.74) is -0.0514. The summed E-state index contributed by atoms with van der Waals surface area (Å²) < 4.78 is 44.6. The number of amides is 2. The SMILES string of the molecule is CC(C)(C)OC(=O)N1CCC2(CC1)Cc1ccccc1N(c1ccc(C(F)(F)F)cc1)C2=O. The van der Waals surface area contributed by atoms with Gasteiger partial charge in [-0.15, -0.1) is 0 Å². The lowest BCUT2D eigenvalue weighted by Gasteiger charge is -2.46. The molecule has 8 heteroatoms. The van der Waals surface area contributed by atoms with E-state index in [1.165, 1.54) is 17.0 Å². The number of hydrogen-bond donors (Lipinski definition) is 0. The summed E-state index contributed by atoms with van der Waals surface area (Å²) >= 11 is 0. The van der Waals surface area contributed by atoms with Crippen LogP contribution in [0.2, 0.25) is 0 Å². The first-order valence-corrected chi connectivity index (χ1v) is 11.0. The van der Waals surface area contributed by atoms with Crippen LogP contribution in [0.1, 0.15) is 44.7 Å². The fraction of sp³-hybridized carbons (Fsp3) is 0.440. The Hall–Kier alpha value is -3.03. The number of hydrogen-bond acceptors (Lipinski definition) is 3. The first kappa shape index (κ1) is 23.1. The number of halogens is 3. The van der Waals surface area contributed by atoms with Crippen LogP contribution in [0.5, 0.6) is 0 Å². The molecule has 33 heavy (non-hydrogen) atoms.